The van der Waals surface area contributed by atoms with Gasteiger partial charge in [-0.2, -0.15) is 0 Å². The van der Waals surface area contributed by atoms with E-state index in [1.165, 1.54) is 6.26 Å². The van der Waals surface area contributed by atoms with Crippen LogP contribution in [0.4, 0.5) is 0 Å². The summed E-state index contributed by atoms with van der Waals surface area (Å²) in [5.41, 5.74) is 3.57. The molecule has 0 aliphatic carbocycles. The summed E-state index contributed by atoms with van der Waals surface area (Å²) in [6.07, 6.45) is 6.57. The highest BCUT2D eigenvalue weighted by Crippen LogP contribution is 2.32. The Balaban J connectivity index is 1.57. The van der Waals surface area contributed by atoms with Crippen molar-refractivity contribution in [2.24, 2.45) is 0 Å². The fraction of sp³-hybridized carbons (Fsp3) is 0.412. The first-order valence-corrected chi connectivity index (χ1v) is 11.1. The van der Waals surface area contributed by atoms with Crippen molar-refractivity contribution in [1.29, 1.82) is 0 Å². The van der Waals surface area contributed by atoms with E-state index in [1.807, 2.05) is 12.1 Å². The molecule has 0 N–H and O–H groups in total. The molecule has 1 atom stereocenters. The number of benzene rings is 1. The Morgan fingerprint density at radius 3 is 2.96 bits per heavy atom. The van der Waals surface area contributed by atoms with E-state index in [4.69, 9.17) is 0 Å². The van der Waals surface area contributed by atoms with Crippen LogP contribution in [0.3, 0.4) is 0 Å². The van der Waals surface area contributed by atoms with Crippen LogP contribution in [-0.4, -0.2) is 52.2 Å². The van der Waals surface area contributed by atoms with Crippen LogP contribution in [0.1, 0.15) is 30.0 Å². The molecular formula is C17H19N5O2S2. The molecule has 1 aliphatic heterocycles. The molecule has 0 spiro atoms. The third-order valence-electron chi connectivity index (χ3n) is 4.69. The van der Waals surface area contributed by atoms with Crippen molar-refractivity contribution < 1.29 is 8.42 Å². The van der Waals surface area contributed by atoms with E-state index in [2.05, 4.69) is 30.5 Å². The second-order valence-corrected chi connectivity index (χ2v) is 9.60. The molecule has 0 unspecified atom stereocenters. The molecule has 3 aromatic rings. The van der Waals surface area contributed by atoms with Gasteiger partial charge in [-0.15, -0.1) is 5.10 Å². The smallest absolute Gasteiger partial charge is 0.188 e. The van der Waals surface area contributed by atoms with Gasteiger partial charge < -0.3 is 0 Å². The van der Waals surface area contributed by atoms with Crippen LogP contribution >= 0.6 is 11.5 Å². The maximum atomic E-state index is 12.0. The Labute approximate surface area is 156 Å². The van der Waals surface area contributed by atoms with Gasteiger partial charge in [-0.05, 0) is 31.0 Å². The van der Waals surface area contributed by atoms with E-state index >= 15 is 0 Å². The summed E-state index contributed by atoms with van der Waals surface area (Å²) < 4.78 is 28.2. The van der Waals surface area contributed by atoms with E-state index in [1.54, 1.807) is 12.4 Å². The summed E-state index contributed by atoms with van der Waals surface area (Å²) in [6.45, 7) is 2.50. The van der Waals surface area contributed by atoms with Crippen LogP contribution in [-0.2, 0) is 16.4 Å². The van der Waals surface area contributed by atoms with Gasteiger partial charge in [-0.25, -0.2) is 8.42 Å². The zero-order valence-electron chi connectivity index (χ0n) is 14.4. The van der Waals surface area contributed by atoms with Gasteiger partial charge in [0.1, 0.15) is 0 Å². The molecule has 7 nitrogen and oxygen atoms in total. The number of rotatable bonds is 4. The first kappa shape index (κ1) is 17.4. The van der Waals surface area contributed by atoms with Crippen molar-refractivity contribution in [3.63, 3.8) is 0 Å². The molecule has 1 aromatic carbocycles. The lowest BCUT2D eigenvalue weighted by Crippen LogP contribution is -2.34. The lowest BCUT2D eigenvalue weighted by Gasteiger charge is -2.32. The van der Waals surface area contributed by atoms with Gasteiger partial charge in [0.15, 0.2) is 14.0 Å². The number of aromatic nitrogens is 4. The summed E-state index contributed by atoms with van der Waals surface area (Å²) in [6, 6.07) is 6.04. The Morgan fingerprint density at radius 2 is 2.12 bits per heavy atom. The molecule has 1 fully saturated rings. The maximum Gasteiger partial charge on any atom is 0.188 e. The fourth-order valence-corrected chi connectivity index (χ4v) is 5.27. The minimum absolute atomic E-state index is 0.0910. The number of nitrogens with zero attached hydrogens (tertiary/aromatic N) is 5. The van der Waals surface area contributed by atoms with Crippen LogP contribution in [0.2, 0.25) is 0 Å². The van der Waals surface area contributed by atoms with E-state index < -0.39 is 9.84 Å². The predicted molar refractivity (Wildman–Crippen MR) is 99.8 cm³/mol. The third kappa shape index (κ3) is 3.46. The fourth-order valence-electron chi connectivity index (χ4n) is 3.54. The molecule has 4 rings (SSSR count). The molecule has 0 amide bonds. The van der Waals surface area contributed by atoms with Crippen LogP contribution in [0, 0.1) is 0 Å². The minimum atomic E-state index is -3.29. The van der Waals surface area contributed by atoms with E-state index in [9.17, 15) is 8.42 Å². The van der Waals surface area contributed by atoms with Gasteiger partial charge in [-0.1, -0.05) is 16.6 Å². The summed E-state index contributed by atoms with van der Waals surface area (Å²) in [7, 11) is -3.29. The second-order valence-electron chi connectivity index (χ2n) is 6.63. The first-order valence-electron chi connectivity index (χ1n) is 8.45. The van der Waals surface area contributed by atoms with Crippen molar-refractivity contribution in [3.8, 4) is 0 Å². The quantitative estimate of drug-likeness (QED) is 0.676. The highest BCUT2D eigenvalue weighted by molar-refractivity contribution is 7.92. The van der Waals surface area contributed by atoms with Gasteiger partial charge in [-0.3, -0.25) is 14.9 Å². The molecule has 0 bridgehead atoms. The lowest BCUT2D eigenvalue weighted by molar-refractivity contribution is 0.198. The molecule has 9 heteroatoms. The number of piperidine rings is 1. The zero-order chi connectivity index (χ0) is 18.1. The Hall–Kier alpha value is -1.97. The molecular weight excluding hydrogens is 370 g/mol. The highest BCUT2D eigenvalue weighted by atomic mass is 32.2. The van der Waals surface area contributed by atoms with Crippen molar-refractivity contribution in [2.45, 2.75) is 29.5 Å². The Morgan fingerprint density at radius 1 is 1.27 bits per heavy atom. The second kappa shape index (κ2) is 6.98. The van der Waals surface area contributed by atoms with Gasteiger partial charge in [0.2, 0.25) is 0 Å². The SMILES string of the molecule is CS(=O)(=O)c1snnc1[C@H]1CCCN(Cc2cccc3nccnc23)C1. The molecule has 2 aromatic heterocycles. The summed E-state index contributed by atoms with van der Waals surface area (Å²) in [5.74, 6) is 0.0910. The molecule has 0 radical (unpaired) electrons. The molecule has 3 heterocycles. The van der Waals surface area contributed by atoms with Gasteiger partial charge in [0.25, 0.3) is 0 Å². The standard InChI is InChI=1S/C17H19N5O2S2/c1-26(23,24)17-16(20-21-25-17)13-5-3-9-22(11-13)10-12-4-2-6-14-15(12)19-8-7-18-14/h2,4,6-8,13H,3,5,9-11H2,1H3/t13-/m0/s1. The topological polar surface area (TPSA) is 88.9 Å². The Bertz CT molecular complexity index is 1030. The zero-order valence-corrected chi connectivity index (χ0v) is 16.0. The molecule has 1 saturated heterocycles. The van der Waals surface area contributed by atoms with E-state index in [-0.39, 0.29) is 5.92 Å². The van der Waals surface area contributed by atoms with Crippen LogP contribution in [0.5, 0.6) is 0 Å². The normalized spacial score (nSPS) is 19.0. The lowest BCUT2D eigenvalue weighted by atomic mass is 9.95. The van der Waals surface area contributed by atoms with E-state index in [0.29, 0.717) is 9.90 Å². The van der Waals surface area contributed by atoms with Crippen molar-refractivity contribution in [2.75, 3.05) is 19.3 Å². The average molecular weight is 390 g/mol. The van der Waals surface area contributed by atoms with Crippen LogP contribution in [0.15, 0.2) is 34.8 Å². The number of para-hydroxylation sites is 1. The van der Waals surface area contributed by atoms with E-state index in [0.717, 1.165) is 60.6 Å². The summed E-state index contributed by atoms with van der Waals surface area (Å²) in [5, 5.41) is 4.14. The summed E-state index contributed by atoms with van der Waals surface area (Å²) >= 11 is 0.971. The number of sulfone groups is 1. The van der Waals surface area contributed by atoms with Gasteiger partial charge in [0, 0.05) is 49.2 Å². The van der Waals surface area contributed by atoms with Crippen LogP contribution in [0.25, 0.3) is 11.0 Å². The number of fused-ring (bicyclic) bond motifs is 1. The molecule has 136 valence electrons. The predicted octanol–water partition coefficient (Wildman–Crippen LogP) is 2.26. The first-order chi connectivity index (χ1) is 12.5. The minimum Gasteiger partial charge on any atom is -0.298 e. The van der Waals surface area contributed by atoms with Crippen molar-refractivity contribution in [3.05, 3.63) is 41.9 Å². The van der Waals surface area contributed by atoms with Crippen molar-refractivity contribution in [1.82, 2.24) is 24.5 Å². The van der Waals surface area contributed by atoms with Crippen molar-refractivity contribution >= 4 is 32.4 Å². The van der Waals surface area contributed by atoms with Gasteiger partial charge >= 0.3 is 0 Å². The monoisotopic (exact) mass is 389 g/mol. The Kier molecular flexibility index (Phi) is 4.68. The summed E-state index contributed by atoms with van der Waals surface area (Å²) in [4.78, 5) is 11.2. The third-order valence-corrected chi connectivity index (χ3v) is 7.24. The maximum absolute atomic E-state index is 12.0. The molecule has 1 aliphatic rings. The average Bonchev–Trinajstić information content (AvgIpc) is 3.13. The molecule has 26 heavy (non-hydrogen) atoms. The number of hydrogen-bond acceptors (Lipinski definition) is 8. The number of likely N-dealkylation sites (tertiary alicyclic amines) is 1. The van der Waals surface area contributed by atoms with Gasteiger partial charge in [0.05, 0.1) is 16.7 Å². The highest BCUT2D eigenvalue weighted by Gasteiger charge is 2.29. The van der Waals surface area contributed by atoms with Crippen LogP contribution < -0.4 is 0 Å². The molecule has 0 saturated carbocycles. The number of hydrogen-bond donors (Lipinski definition) is 0. The largest absolute Gasteiger partial charge is 0.298 e.